The van der Waals surface area contributed by atoms with E-state index >= 15 is 0 Å². The zero-order valence-corrected chi connectivity index (χ0v) is 18.9. The first-order valence-electron chi connectivity index (χ1n) is 10.5. The number of carbonyl (C=O) groups is 1. The molecule has 2 aromatic carbocycles. The maximum absolute atomic E-state index is 13.0. The van der Waals surface area contributed by atoms with E-state index in [-0.39, 0.29) is 11.9 Å². The molecule has 0 bridgehead atoms. The molecule has 1 aliphatic rings. The Kier molecular flexibility index (Phi) is 5.68. The molecule has 0 radical (unpaired) electrons. The monoisotopic (exact) mass is 463 g/mol. The molecule has 0 saturated carbocycles. The summed E-state index contributed by atoms with van der Waals surface area (Å²) in [6, 6.07) is 19.4. The first-order valence-corrected chi connectivity index (χ1v) is 11.7. The average molecular weight is 464 g/mol. The molecule has 1 aliphatic heterocycles. The average Bonchev–Trinajstić information content (AvgIpc) is 3.08. The number of rotatable bonds is 3. The van der Waals surface area contributed by atoms with Gasteiger partial charge in [0.1, 0.15) is 10.6 Å². The van der Waals surface area contributed by atoms with Crippen LogP contribution in [0.4, 0.5) is 11.8 Å². The standard InChI is InChI=1S/C24H22ClN5OS/c25-18-9-7-17(8-10-18)23(31)30-12-4-11-29(13-14-30)21-19-15-20(16-5-2-1-3-6-16)32-22(19)28-24(26)27-21/h1-3,5-10,15H,4,11-14H2,(H2,26,27,28). The van der Waals surface area contributed by atoms with E-state index in [0.29, 0.717) is 30.2 Å². The van der Waals surface area contributed by atoms with Crippen molar-refractivity contribution in [2.24, 2.45) is 0 Å². The van der Waals surface area contributed by atoms with Gasteiger partial charge < -0.3 is 15.5 Å². The number of carbonyl (C=O) groups excluding carboxylic acids is 1. The van der Waals surface area contributed by atoms with Crippen molar-refractivity contribution in [2.45, 2.75) is 6.42 Å². The number of hydrogen-bond donors (Lipinski definition) is 1. The summed E-state index contributed by atoms with van der Waals surface area (Å²) in [5, 5.41) is 1.63. The van der Waals surface area contributed by atoms with Gasteiger partial charge in [0.15, 0.2) is 0 Å². The highest BCUT2D eigenvalue weighted by atomic mass is 35.5. The van der Waals surface area contributed by atoms with Gasteiger partial charge in [-0.15, -0.1) is 11.3 Å². The summed E-state index contributed by atoms with van der Waals surface area (Å²) in [6.07, 6.45) is 0.848. The predicted molar refractivity (Wildman–Crippen MR) is 131 cm³/mol. The number of fused-ring (bicyclic) bond motifs is 1. The van der Waals surface area contributed by atoms with E-state index in [1.54, 1.807) is 35.6 Å². The van der Waals surface area contributed by atoms with Crippen LogP contribution in [0.3, 0.4) is 0 Å². The molecule has 32 heavy (non-hydrogen) atoms. The van der Waals surface area contributed by atoms with Gasteiger partial charge >= 0.3 is 0 Å². The molecule has 0 unspecified atom stereocenters. The number of nitrogen functional groups attached to an aromatic ring is 1. The first kappa shape index (κ1) is 20.7. The van der Waals surface area contributed by atoms with Crippen LogP contribution in [0.25, 0.3) is 20.7 Å². The van der Waals surface area contributed by atoms with Crippen LogP contribution in [-0.2, 0) is 0 Å². The summed E-state index contributed by atoms with van der Waals surface area (Å²) < 4.78 is 0. The predicted octanol–water partition coefficient (Wildman–Crippen LogP) is 4.95. The molecule has 0 atom stereocenters. The van der Waals surface area contributed by atoms with Crippen molar-refractivity contribution in [3.8, 4) is 10.4 Å². The van der Waals surface area contributed by atoms with E-state index in [0.717, 1.165) is 39.4 Å². The van der Waals surface area contributed by atoms with Crippen molar-refractivity contribution in [1.29, 1.82) is 0 Å². The van der Waals surface area contributed by atoms with Crippen molar-refractivity contribution in [3.05, 3.63) is 71.2 Å². The van der Waals surface area contributed by atoms with Gasteiger partial charge in [0.2, 0.25) is 5.95 Å². The van der Waals surface area contributed by atoms with Crippen molar-refractivity contribution in [1.82, 2.24) is 14.9 Å². The number of nitrogens with zero attached hydrogens (tertiary/aromatic N) is 4. The topological polar surface area (TPSA) is 75.3 Å². The third-order valence-corrected chi connectivity index (χ3v) is 6.95. The number of thiophene rings is 1. The lowest BCUT2D eigenvalue weighted by molar-refractivity contribution is 0.0767. The number of anilines is 2. The van der Waals surface area contributed by atoms with E-state index in [4.69, 9.17) is 17.3 Å². The molecule has 5 rings (SSSR count). The number of aromatic nitrogens is 2. The maximum atomic E-state index is 13.0. The SMILES string of the molecule is Nc1nc(N2CCCN(C(=O)c3ccc(Cl)cc3)CC2)c2cc(-c3ccccc3)sc2n1. The fourth-order valence-electron chi connectivity index (χ4n) is 4.02. The molecule has 0 spiro atoms. The second-order valence-electron chi connectivity index (χ2n) is 7.74. The molecule has 1 amide bonds. The molecule has 1 saturated heterocycles. The van der Waals surface area contributed by atoms with Gasteiger partial charge in [0, 0.05) is 41.6 Å². The third-order valence-electron chi connectivity index (χ3n) is 5.62. The molecular weight excluding hydrogens is 442 g/mol. The number of benzene rings is 2. The number of amides is 1. The quantitative estimate of drug-likeness (QED) is 0.465. The highest BCUT2D eigenvalue weighted by Crippen LogP contribution is 2.37. The summed E-state index contributed by atoms with van der Waals surface area (Å²) in [7, 11) is 0. The van der Waals surface area contributed by atoms with Crippen molar-refractivity contribution in [2.75, 3.05) is 36.8 Å². The minimum absolute atomic E-state index is 0.0257. The smallest absolute Gasteiger partial charge is 0.253 e. The Balaban J connectivity index is 1.41. The van der Waals surface area contributed by atoms with E-state index in [9.17, 15) is 4.79 Å². The molecule has 0 aliphatic carbocycles. The molecule has 162 valence electrons. The summed E-state index contributed by atoms with van der Waals surface area (Å²) in [6.45, 7) is 2.79. The minimum Gasteiger partial charge on any atom is -0.368 e. The highest BCUT2D eigenvalue weighted by molar-refractivity contribution is 7.22. The Morgan fingerprint density at radius 1 is 0.969 bits per heavy atom. The molecule has 8 heteroatoms. The third kappa shape index (κ3) is 4.13. The van der Waals surface area contributed by atoms with Gasteiger partial charge in [-0.05, 0) is 42.3 Å². The number of hydrogen-bond acceptors (Lipinski definition) is 6. The normalized spacial score (nSPS) is 14.5. The van der Waals surface area contributed by atoms with E-state index < -0.39 is 0 Å². The van der Waals surface area contributed by atoms with Crippen LogP contribution in [0.1, 0.15) is 16.8 Å². The molecule has 2 aromatic heterocycles. The van der Waals surface area contributed by atoms with Crippen LogP contribution in [0.5, 0.6) is 0 Å². The Hall–Kier alpha value is -3.16. The van der Waals surface area contributed by atoms with Crippen LogP contribution in [-0.4, -0.2) is 47.0 Å². The Morgan fingerprint density at radius 3 is 2.53 bits per heavy atom. The lowest BCUT2D eigenvalue weighted by atomic mass is 10.2. The van der Waals surface area contributed by atoms with Gasteiger partial charge in [-0.25, -0.2) is 4.98 Å². The lowest BCUT2D eigenvalue weighted by Crippen LogP contribution is -2.35. The molecule has 1 fully saturated rings. The van der Waals surface area contributed by atoms with Crippen LogP contribution >= 0.6 is 22.9 Å². The Labute approximate surface area is 195 Å². The van der Waals surface area contributed by atoms with Crippen molar-refractivity contribution >= 4 is 50.8 Å². The fraction of sp³-hybridized carbons (Fsp3) is 0.208. The maximum Gasteiger partial charge on any atom is 0.253 e. The zero-order chi connectivity index (χ0) is 22.1. The van der Waals surface area contributed by atoms with Gasteiger partial charge in [-0.2, -0.15) is 4.98 Å². The molecule has 6 nitrogen and oxygen atoms in total. The highest BCUT2D eigenvalue weighted by Gasteiger charge is 2.23. The van der Waals surface area contributed by atoms with Crippen molar-refractivity contribution in [3.63, 3.8) is 0 Å². The minimum atomic E-state index is 0.0257. The lowest BCUT2D eigenvalue weighted by Gasteiger charge is -2.23. The summed E-state index contributed by atoms with van der Waals surface area (Å²) in [4.78, 5) is 28.2. The fourth-order valence-corrected chi connectivity index (χ4v) is 5.18. The summed E-state index contributed by atoms with van der Waals surface area (Å²) >= 11 is 7.58. The Morgan fingerprint density at radius 2 is 1.75 bits per heavy atom. The Bertz CT molecular complexity index is 1260. The van der Waals surface area contributed by atoms with Crippen LogP contribution in [0.2, 0.25) is 5.02 Å². The van der Waals surface area contributed by atoms with Gasteiger partial charge in [-0.3, -0.25) is 4.79 Å². The summed E-state index contributed by atoms with van der Waals surface area (Å²) in [5.41, 5.74) is 7.87. The van der Waals surface area contributed by atoms with Crippen LogP contribution in [0.15, 0.2) is 60.7 Å². The van der Waals surface area contributed by atoms with E-state index in [1.807, 2.05) is 23.1 Å². The van der Waals surface area contributed by atoms with Crippen LogP contribution in [0, 0.1) is 0 Å². The van der Waals surface area contributed by atoms with Crippen molar-refractivity contribution < 1.29 is 4.79 Å². The van der Waals surface area contributed by atoms with E-state index in [1.165, 1.54) is 0 Å². The molecule has 4 aromatic rings. The zero-order valence-electron chi connectivity index (χ0n) is 17.4. The number of halogens is 1. The first-order chi connectivity index (χ1) is 15.6. The van der Waals surface area contributed by atoms with Gasteiger partial charge in [0.05, 0.1) is 5.39 Å². The summed E-state index contributed by atoms with van der Waals surface area (Å²) in [5.74, 6) is 1.14. The second-order valence-corrected chi connectivity index (χ2v) is 9.21. The second kappa shape index (κ2) is 8.76. The molecule has 2 N–H and O–H groups in total. The molecule has 3 heterocycles. The van der Waals surface area contributed by atoms with Gasteiger partial charge in [-0.1, -0.05) is 41.9 Å². The van der Waals surface area contributed by atoms with E-state index in [2.05, 4.69) is 33.1 Å². The van der Waals surface area contributed by atoms with Gasteiger partial charge in [0.25, 0.3) is 5.91 Å². The number of nitrogens with two attached hydrogens (primary N) is 1. The van der Waals surface area contributed by atoms with Crippen LogP contribution < -0.4 is 10.6 Å². The largest absolute Gasteiger partial charge is 0.368 e. The molecular formula is C24H22ClN5OS.